The van der Waals surface area contributed by atoms with Gasteiger partial charge in [-0.25, -0.2) is 8.78 Å². The Balaban J connectivity index is 1.87. The fourth-order valence-electron chi connectivity index (χ4n) is 5.11. The van der Waals surface area contributed by atoms with Crippen molar-refractivity contribution in [3.05, 3.63) is 101 Å². The number of Topliss-reactive ketones (excluding diaryl/α,β-unsaturated/α-hetero) is 2. The number of hydrogen-bond acceptors (Lipinski definition) is 5. The van der Waals surface area contributed by atoms with Gasteiger partial charge >= 0.3 is 0 Å². The van der Waals surface area contributed by atoms with Gasteiger partial charge in [0, 0.05) is 43.0 Å². The fraction of sp³-hybridized carbons (Fsp3) is 0.286. The Morgan fingerprint density at radius 2 is 1.57 bits per heavy atom. The van der Waals surface area contributed by atoms with Crippen LogP contribution in [0.4, 0.5) is 8.78 Å². The molecule has 3 aromatic rings. The molecule has 3 atom stereocenters. The maximum Gasteiger partial charge on any atom is 0.170 e. The quantitative estimate of drug-likeness (QED) is 0.492. The summed E-state index contributed by atoms with van der Waals surface area (Å²) in [5.74, 6) is -4.38. The number of piperidine rings is 1. The lowest BCUT2D eigenvalue weighted by Crippen LogP contribution is -2.51. The minimum absolute atomic E-state index is 0.0728. The smallest absolute Gasteiger partial charge is 0.170 e. The molecule has 3 aromatic carbocycles. The van der Waals surface area contributed by atoms with Gasteiger partial charge in [0.15, 0.2) is 11.6 Å². The summed E-state index contributed by atoms with van der Waals surface area (Å²) in [5, 5.41) is 19.5. The molecule has 1 saturated heterocycles. The largest absolute Gasteiger partial charge is 0.508 e. The molecule has 0 aromatic heterocycles. The van der Waals surface area contributed by atoms with E-state index in [4.69, 9.17) is 0 Å². The first-order valence-corrected chi connectivity index (χ1v) is 11.5. The van der Waals surface area contributed by atoms with Crippen LogP contribution >= 0.6 is 0 Å². The number of β-amino-alcohol motifs (C(OH)–C–C–N with tert-alkyl or cyclic N) is 1. The monoisotopic (exact) mass is 479 g/mol. The molecule has 1 fully saturated rings. The van der Waals surface area contributed by atoms with Gasteiger partial charge in [-0.05, 0) is 48.4 Å². The lowest BCUT2D eigenvalue weighted by atomic mass is 9.67. The molecule has 0 unspecified atom stereocenters. The lowest BCUT2D eigenvalue weighted by Gasteiger charge is -2.43. The molecule has 0 amide bonds. The van der Waals surface area contributed by atoms with E-state index < -0.39 is 35.2 Å². The summed E-state index contributed by atoms with van der Waals surface area (Å²) in [7, 11) is 0. The molecule has 182 valence electrons. The van der Waals surface area contributed by atoms with E-state index in [9.17, 15) is 28.6 Å². The van der Waals surface area contributed by atoms with E-state index in [2.05, 4.69) is 0 Å². The van der Waals surface area contributed by atoms with Crippen LogP contribution in [-0.2, 0) is 0 Å². The number of ketones is 2. The van der Waals surface area contributed by atoms with Crippen LogP contribution in [0.2, 0.25) is 0 Å². The highest BCUT2D eigenvalue weighted by atomic mass is 19.1. The van der Waals surface area contributed by atoms with Crippen molar-refractivity contribution in [2.75, 3.05) is 26.2 Å². The van der Waals surface area contributed by atoms with Crippen molar-refractivity contribution in [1.82, 2.24) is 4.90 Å². The standard InChI is InChI=1S/C28H27F2NO4/c1-17-20(9-5-11-24(17)29)26-22(27(34)18-6-4-7-19(33)14-18)15-31(12-13-32)16-23(26)28(35)21-8-2-3-10-25(21)30/h2-11,14,22-23,26,32-33H,12-13,15-16H2,1H3/t22-,23-,26-/m0/s1. The number of rotatable bonds is 7. The molecule has 35 heavy (non-hydrogen) atoms. The molecular weight excluding hydrogens is 452 g/mol. The van der Waals surface area contributed by atoms with Crippen molar-refractivity contribution in [2.24, 2.45) is 11.8 Å². The molecular formula is C28H27F2NO4. The summed E-state index contributed by atoms with van der Waals surface area (Å²) in [4.78, 5) is 29.3. The Kier molecular flexibility index (Phi) is 7.38. The second-order valence-electron chi connectivity index (χ2n) is 8.93. The van der Waals surface area contributed by atoms with Gasteiger partial charge in [-0.3, -0.25) is 14.5 Å². The molecule has 2 N–H and O–H groups in total. The van der Waals surface area contributed by atoms with Gasteiger partial charge in [0.05, 0.1) is 12.2 Å². The van der Waals surface area contributed by atoms with Crippen LogP contribution in [0, 0.1) is 30.4 Å². The van der Waals surface area contributed by atoms with Crippen molar-refractivity contribution >= 4 is 11.6 Å². The van der Waals surface area contributed by atoms with Crippen molar-refractivity contribution in [3.8, 4) is 5.75 Å². The van der Waals surface area contributed by atoms with Crippen molar-refractivity contribution < 1.29 is 28.6 Å². The number of phenolic OH excluding ortho intramolecular Hbond substituents is 1. The van der Waals surface area contributed by atoms with Crippen LogP contribution in [0.25, 0.3) is 0 Å². The Labute approximate surface area is 202 Å². The predicted molar refractivity (Wildman–Crippen MR) is 128 cm³/mol. The molecule has 5 nitrogen and oxygen atoms in total. The normalized spacial score (nSPS) is 20.5. The number of carbonyl (C=O) groups excluding carboxylic acids is 2. The molecule has 0 saturated carbocycles. The minimum atomic E-state index is -0.862. The average molecular weight is 480 g/mol. The first-order chi connectivity index (χ1) is 16.8. The summed E-state index contributed by atoms with van der Waals surface area (Å²) in [6, 6.07) is 16.2. The molecule has 0 spiro atoms. The van der Waals surface area contributed by atoms with Gasteiger partial charge in [0.2, 0.25) is 0 Å². The molecule has 0 bridgehead atoms. The number of halogens is 2. The topological polar surface area (TPSA) is 77.8 Å². The van der Waals surface area contributed by atoms with E-state index in [1.807, 2.05) is 0 Å². The summed E-state index contributed by atoms with van der Waals surface area (Å²) in [6.07, 6.45) is 0. The Morgan fingerprint density at radius 3 is 2.26 bits per heavy atom. The van der Waals surface area contributed by atoms with E-state index in [0.29, 0.717) is 11.1 Å². The molecule has 4 rings (SSSR count). The van der Waals surface area contributed by atoms with E-state index >= 15 is 0 Å². The van der Waals surface area contributed by atoms with Crippen LogP contribution in [0.1, 0.15) is 37.8 Å². The minimum Gasteiger partial charge on any atom is -0.508 e. The fourth-order valence-corrected chi connectivity index (χ4v) is 5.11. The van der Waals surface area contributed by atoms with Gasteiger partial charge < -0.3 is 10.2 Å². The molecule has 0 aliphatic carbocycles. The third-order valence-electron chi connectivity index (χ3n) is 6.81. The second-order valence-corrected chi connectivity index (χ2v) is 8.93. The molecule has 1 aliphatic rings. The molecule has 0 radical (unpaired) electrons. The van der Waals surface area contributed by atoms with Gasteiger partial charge in [0.25, 0.3) is 0 Å². The Hall–Kier alpha value is -3.42. The number of benzene rings is 3. The number of carbonyl (C=O) groups is 2. The third kappa shape index (κ3) is 5.01. The van der Waals surface area contributed by atoms with Crippen molar-refractivity contribution in [1.29, 1.82) is 0 Å². The number of aliphatic hydroxyl groups is 1. The SMILES string of the molecule is Cc1c(F)cccc1[C@H]1[C@@H](C(=O)c2cccc(O)c2)CN(CCO)C[C@@H]1C(=O)c1ccccc1F. The van der Waals surface area contributed by atoms with E-state index in [1.165, 1.54) is 42.5 Å². The van der Waals surface area contributed by atoms with Crippen LogP contribution < -0.4 is 0 Å². The highest BCUT2D eigenvalue weighted by Crippen LogP contribution is 2.42. The zero-order valence-electron chi connectivity index (χ0n) is 19.3. The average Bonchev–Trinajstić information content (AvgIpc) is 2.85. The Morgan fingerprint density at radius 1 is 0.914 bits per heavy atom. The highest BCUT2D eigenvalue weighted by molar-refractivity contribution is 6.02. The van der Waals surface area contributed by atoms with Crippen LogP contribution in [0.3, 0.4) is 0 Å². The van der Waals surface area contributed by atoms with Crippen LogP contribution in [0.15, 0.2) is 66.7 Å². The zero-order valence-corrected chi connectivity index (χ0v) is 19.3. The molecule has 7 heteroatoms. The molecule has 1 heterocycles. The number of likely N-dealkylation sites (tertiary alicyclic amines) is 1. The number of aromatic hydroxyl groups is 1. The first-order valence-electron chi connectivity index (χ1n) is 11.5. The summed E-state index contributed by atoms with van der Waals surface area (Å²) in [5.41, 5.74) is 1.01. The van der Waals surface area contributed by atoms with Gasteiger partial charge in [0.1, 0.15) is 17.4 Å². The van der Waals surface area contributed by atoms with Gasteiger partial charge in [-0.15, -0.1) is 0 Å². The molecule has 1 aliphatic heterocycles. The number of hydrogen-bond donors (Lipinski definition) is 2. The van der Waals surface area contributed by atoms with Crippen molar-refractivity contribution in [3.63, 3.8) is 0 Å². The maximum absolute atomic E-state index is 14.6. The first kappa shape index (κ1) is 24.7. The van der Waals surface area contributed by atoms with E-state index in [1.54, 1.807) is 36.1 Å². The van der Waals surface area contributed by atoms with Gasteiger partial charge in [-0.2, -0.15) is 0 Å². The number of aliphatic hydroxyl groups excluding tert-OH is 1. The summed E-state index contributed by atoms with van der Waals surface area (Å²) < 4.78 is 29.3. The van der Waals surface area contributed by atoms with Crippen LogP contribution in [-0.4, -0.2) is 52.9 Å². The number of phenols is 1. The summed E-state index contributed by atoms with van der Waals surface area (Å²) >= 11 is 0. The maximum atomic E-state index is 14.6. The zero-order chi connectivity index (χ0) is 25.1. The highest BCUT2D eigenvalue weighted by Gasteiger charge is 2.45. The van der Waals surface area contributed by atoms with Crippen molar-refractivity contribution in [2.45, 2.75) is 12.8 Å². The second kappa shape index (κ2) is 10.5. The summed E-state index contributed by atoms with van der Waals surface area (Å²) in [6.45, 7) is 2.04. The lowest BCUT2D eigenvalue weighted by molar-refractivity contribution is 0.0526. The predicted octanol–water partition coefficient (Wildman–Crippen LogP) is 4.37. The number of nitrogens with zero attached hydrogens (tertiary/aromatic N) is 1. The third-order valence-corrected chi connectivity index (χ3v) is 6.81. The van der Waals surface area contributed by atoms with Gasteiger partial charge in [-0.1, -0.05) is 36.4 Å². The van der Waals surface area contributed by atoms with E-state index in [-0.39, 0.29) is 48.9 Å². The van der Waals surface area contributed by atoms with Crippen LogP contribution in [0.5, 0.6) is 5.75 Å². The Bertz CT molecular complexity index is 1250. The van der Waals surface area contributed by atoms with E-state index in [0.717, 1.165) is 0 Å².